The summed E-state index contributed by atoms with van der Waals surface area (Å²) in [6.45, 7) is 10.6. The first-order valence-corrected chi connectivity index (χ1v) is 5.84. The summed E-state index contributed by atoms with van der Waals surface area (Å²) >= 11 is 0. The summed E-state index contributed by atoms with van der Waals surface area (Å²) in [4.78, 5) is 0. The summed E-state index contributed by atoms with van der Waals surface area (Å²) in [6, 6.07) is 0.847. The second kappa shape index (κ2) is 4.99. The molecule has 1 saturated carbocycles. The Hall–Kier alpha value is -0.0400. The number of rotatable bonds is 5. The molecule has 0 saturated heterocycles. The van der Waals surface area contributed by atoms with Gasteiger partial charge in [-0.05, 0) is 37.1 Å². The van der Waals surface area contributed by atoms with E-state index in [0.29, 0.717) is 0 Å². The average Bonchev–Trinajstić information content (AvgIpc) is 1.92. The Morgan fingerprint density at radius 3 is 1.92 bits per heavy atom. The summed E-state index contributed by atoms with van der Waals surface area (Å²) in [5, 5.41) is 3.68. The maximum atomic E-state index is 3.68. The highest BCUT2D eigenvalue weighted by molar-refractivity contribution is 4.79. The van der Waals surface area contributed by atoms with Crippen LogP contribution in [-0.4, -0.2) is 12.6 Å². The molecule has 0 amide bonds. The van der Waals surface area contributed by atoms with Crippen LogP contribution in [0, 0.1) is 17.8 Å². The third-order valence-electron chi connectivity index (χ3n) is 3.46. The van der Waals surface area contributed by atoms with Crippen LogP contribution in [0.3, 0.4) is 0 Å². The predicted molar refractivity (Wildman–Crippen MR) is 58.8 cm³/mol. The van der Waals surface area contributed by atoms with Gasteiger partial charge in [0.25, 0.3) is 0 Å². The zero-order chi connectivity index (χ0) is 9.84. The van der Waals surface area contributed by atoms with E-state index < -0.39 is 0 Å². The fraction of sp³-hybridized carbons (Fsp3) is 1.00. The third kappa shape index (κ3) is 3.30. The molecule has 1 aliphatic carbocycles. The first-order chi connectivity index (χ1) is 6.11. The molecule has 0 atom stereocenters. The largest absolute Gasteiger partial charge is 0.314 e. The molecule has 1 rings (SSSR count). The van der Waals surface area contributed by atoms with Crippen molar-refractivity contribution in [2.75, 3.05) is 6.54 Å². The maximum absolute atomic E-state index is 3.68. The van der Waals surface area contributed by atoms with Crippen molar-refractivity contribution in [1.29, 1.82) is 0 Å². The Bertz CT molecular complexity index is 128. The van der Waals surface area contributed by atoms with E-state index in [2.05, 4.69) is 33.0 Å². The summed E-state index contributed by atoms with van der Waals surface area (Å²) in [6.07, 6.45) is 4.25. The van der Waals surface area contributed by atoms with E-state index >= 15 is 0 Å². The Kier molecular flexibility index (Phi) is 4.24. The quantitative estimate of drug-likeness (QED) is 0.691. The van der Waals surface area contributed by atoms with Crippen molar-refractivity contribution in [2.45, 2.75) is 53.0 Å². The van der Waals surface area contributed by atoms with E-state index in [1.807, 2.05) is 0 Å². The lowest BCUT2D eigenvalue weighted by Crippen LogP contribution is -2.40. The van der Waals surface area contributed by atoms with E-state index in [1.54, 1.807) is 0 Å². The van der Waals surface area contributed by atoms with Crippen LogP contribution in [0.15, 0.2) is 0 Å². The molecule has 0 aliphatic heterocycles. The molecule has 1 N–H and O–H groups in total. The van der Waals surface area contributed by atoms with E-state index in [9.17, 15) is 0 Å². The standard InChI is InChI=1S/C12H25N/c1-9(2)12(10(3)4)8-13-11-6-5-7-11/h9-13H,5-8H2,1-4H3. The smallest absolute Gasteiger partial charge is 0.00672 e. The monoisotopic (exact) mass is 183 g/mol. The van der Waals surface area contributed by atoms with E-state index in [1.165, 1.54) is 25.8 Å². The minimum Gasteiger partial charge on any atom is -0.314 e. The summed E-state index contributed by atoms with van der Waals surface area (Å²) in [5.41, 5.74) is 0. The van der Waals surface area contributed by atoms with Gasteiger partial charge >= 0.3 is 0 Å². The van der Waals surface area contributed by atoms with Crippen LogP contribution < -0.4 is 5.32 Å². The molecule has 0 spiro atoms. The molecule has 0 unspecified atom stereocenters. The molecule has 0 aromatic heterocycles. The molecule has 13 heavy (non-hydrogen) atoms. The lowest BCUT2D eigenvalue weighted by atomic mass is 9.84. The molecule has 0 radical (unpaired) electrons. The van der Waals surface area contributed by atoms with Gasteiger partial charge in [0, 0.05) is 6.04 Å². The van der Waals surface area contributed by atoms with Crippen molar-refractivity contribution < 1.29 is 0 Å². The maximum Gasteiger partial charge on any atom is 0.00672 e. The van der Waals surface area contributed by atoms with Gasteiger partial charge in [0.2, 0.25) is 0 Å². The third-order valence-corrected chi connectivity index (χ3v) is 3.46. The van der Waals surface area contributed by atoms with Crippen LogP contribution in [0.5, 0.6) is 0 Å². The molecule has 1 aliphatic rings. The van der Waals surface area contributed by atoms with Crippen molar-refractivity contribution in [3.63, 3.8) is 0 Å². The van der Waals surface area contributed by atoms with Gasteiger partial charge < -0.3 is 5.32 Å². The van der Waals surface area contributed by atoms with Crippen LogP contribution in [0.25, 0.3) is 0 Å². The molecular formula is C12H25N. The van der Waals surface area contributed by atoms with Crippen molar-refractivity contribution in [1.82, 2.24) is 5.32 Å². The Morgan fingerprint density at radius 1 is 1.08 bits per heavy atom. The Labute approximate surface area is 83.3 Å². The average molecular weight is 183 g/mol. The predicted octanol–water partition coefficient (Wildman–Crippen LogP) is 3.06. The minimum absolute atomic E-state index is 0.813. The van der Waals surface area contributed by atoms with Gasteiger partial charge in [0.15, 0.2) is 0 Å². The van der Waals surface area contributed by atoms with E-state index in [0.717, 1.165) is 23.8 Å². The highest BCUT2D eigenvalue weighted by Gasteiger charge is 2.21. The zero-order valence-corrected chi connectivity index (χ0v) is 9.64. The number of hydrogen-bond acceptors (Lipinski definition) is 1. The Balaban J connectivity index is 2.21. The zero-order valence-electron chi connectivity index (χ0n) is 9.64. The highest BCUT2D eigenvalue weighted by atomic mass is 14.9. The van der Waals surface area contributed by atoms with Crippen LogP contribution >= 0.6 is 0 Å². The fourth-order valence-corrected chi connectivity index (χ4v) is 2.16. The number of hydrogen-bond donors (Lipinski definition) is 1. The van der Waals surface area contributed by atoms with Crippen molar-refractivity contribution >= 4 is 0 Å². The normalized spacial score (nSPS) is 18.7. The van der Waals surface area contributed by atoms with Crippen LogP contribution in [0.1, 0.15) is 47.0 Å². The van der Waals surface area contributed by atoms with Crippen LogP contribution in [0.2, 0.25) is 0 Å². The minimum atomic E-state index is 0.813. The second-order valence-electron chi connectivity index (χ2n) is 5.19. The van der Waals surface area contributed by atoms with Gasteiger partial charge in [0.05, 0.1) is 0 Å². The second-order valence-corrected chi connectivity index (χ2v) is 5.19. The molecule has 1 nitrogen and oxygen atoms in total. The van der Waals surface area contributed by atoms with E-state index in [-0.39, 0.29) is 0 Å². The molecule has 78 valence electrons. The van der Waals surface area contributed by atoms with Crippen molar-refractivity contribution in [3.8, 4) is 0 Å². The van der Waals surface area contributed by atoms with Crippen LogP contribution in [0.4, 0.5) is 0 Å². The fourth-order valence-electron chi connectivity index (χ4n) is 2.16. The van der Waals surface area contributed by atoms with Gasteiger partial charge in [-0.3, -0.25) is 0 Å². The molecule has 0 heterocycles. The SMILES string of the molecule is CC(C)C(CNC1CCC1)C(C)C. The van der Waals surface area contributed by atoms with Gasteiger partial charge in [-0.1, -0.05) is 34.1 Å². The Morgan fingerprint density at radius 2 is 1.62 bits per heavy atom. The van der Waals surface area contributed by atoms with Gasteiger partial charge in [0.1, 0.15) is 0 Å². The molecule has 0 aromatic carbocycles. The number of nitrogens with one attached hydrogen (secondary N) is 1. The van der Waals surface area contributed by atoms with Crippen molar-refractivity contribution in [2.24, 2.45) is 17.8 Å². The summed E-state index contributed by atoms with van der Waals surface area (Å²) in [7, 11) is 0. The topological polar surface area (TPSA) is 12.0 Å². The van der Waals surface area contributed by atoms with Crippen molar-refractivity contribution in [3.05, 3.63) is 0 Å². The summed E-state index contributed by atoms with van der Waals surface area (Å²) in [5.74, 6) is 2.47. The molecule has 1 fully saturated rings. The molecule has 0 bridgehead atoms. The lowest BCUT2D eigenvalue weighted by Gasteiger charge is -2.31. The van der Waals surface area contributed by atoms with Gasteiger partial charge in [-0.25, -0.2) is 0 Å². The molecule has 1 heteroatoms. The molecular weight excluding hydrogens is 158 g/mol. The highest BCUT2D eigenvalue weighted by Crippen LogP contribution is 2.22. The lowest BCUT2D eigenvalue weighted by molar-refractivity contribution is 0.240. The van der Waals surface area contributed by atoms with E-state index in [4.69, 9.17) is 0 Å². The molecule has 0 aromatic rings. The first kappa shape index (κ1) is 11.0. The van der Waals surface area contributed by atoms with Crippen LogP contribution in [-0.2, 0) is 0 Å². The van der Waals surface area contributed by atoms with Gasteiger partial charge in [-0.2, -0.15) is 0 Å². The van der Waals surface area contributed by atoms with Gasteiger partial charge in [-0.15, -0.1) is 0 Å². The first-order valence-electron chi connectivity index (χ1n) is 5.84. The summed E-state index contributed by atoms with van der Waals surface area (Å²) < 4.78 is 0.